The van der Waals surface area contributed by atoms with Gasteiger partial charge in [0.1, 0.15) is 5.82 Å². The van der Waals surface area contributed by atoms with Crippen LogP contribution in [0.1, 0.15) is 22.5 Å². The number of pyridine rings is 1. The van der Waals surface area contributed by atoms with Crippen LogP contribution in [-0.2, 0) is 4.74 Å². The number of thiophene rings is 1. The van der Waals surface area contributed by atoms with Crippen LogP contribution in [0.4, 0.5) is 5.82 Å². The molecule has 3 aliphatic heterocycles. The van der Waals surface area contributed by atoms with Crippen LogP contribution in [0.3, 0.4) is 0 Å². The number of carbonyl (C=O) groups excluding carboxylic acids is 1. The van der Waals surface area contributed by atoms with E-state index in [1.54, 1.807) is 6.20 Å². The number of nitrogens with zero attached hydrogens (tertiary/aromatic N) is 2. The Morgan fingerprint density at radius 3 is 3.19 bits per heavy atom. The number of fused-ring (bicyclic) bond motifs is 1. The molecule has 5 heterocycles. The summed E-state index contributed by atoms with van der Waals surface area (Å²) in [4.78, 5) is 19.8. The van der Waals surface area contributed by atoms with Crippen molar-refractivity contribution >= 4 is 34.7 Å². The Morgan fingerprint density at radius 1 is 1.46 bits per heavy atom. The Balaban J connectivity index is 1.32. The zero-order chi connectivity index (χ0) is 17.7. The van der Waals surface area contributed by atoms with Gasteiger partial charge < -0.3 is 15.0 Å². The number of halogens is 1. The number of nitrogens with one attached hydrogen (secondary N) is 1. The molecule has 0 aliphatic carbocycles. The van der Waals surface area contributed by atoms with Crippen molar-refractivity contribution in [3.8, 4) is 0 Å². The molecule has 2 aromatic rings. The monoisotopic (exact) mass is 389 g/mol. The average Bonchev–Trinajstić information content (AvgIpc) is 3.40. The lowest BCUT2D eigenvalue weighted by Gasteiger charge is -2.29. The molecule has 0 radical (unpaired) electrons. The minimum Gasteiger partial charge on any atom is -0.369 e. The number of carbonyl (C=O) groups is 1. The highest BCUT2D eigenvalue weighted by Crippen LogP contribution is 2.55. The van der Waals surface area contributed by atoms with Gasteiger partial charge in [0, 0.05) is 37.7 Å². The molecule has 5 nitrogen and oxygen atoms in total. The van der Waals surface area contributed by atoms with Crippen molar-refractivity contribution in [3.63, 3.8) is 0 Å². The number of amides is 1. The zero-order valence-corrected chi connectivity index (χ0v) is 15.8. The highest BCUT2D eigenvalue weighted by Gasteiger charge is 2.63. The third-order valence-electron chi connectivity index (χ3n) is 6.07. The lowest BCUT2D eigenvalue weighted by molar-refractivity contribution is 0.0141. The minimum absolute atomic E-state index is 0.0134. The molecule has 0 unspecified atom stereocenters. The largest absolute Gasteiger partial charge is 0.369 e. The summed E-state index contributed by atoms with van der Waals surface area (Å²) in [6, 6.07) is 7.50. The third kappa shape index (κ3) is 2.54. The maximum Gasteiger partial charge on any atom is 0.261 e. The van der Waals surface area contributed by atoms with Gasteiger partial charge in [-0.15, -0.1) is 11.3 Å². The number of anilines is 1. The first-order chi connectivity index (χ1) is 12.7. The second-order valence-corrected chi connectivity index (χ2v) is 8.76. The number of hydrogen-bond donors (Lipinski definition) is 1. The van der Waals surface area contributed by atoms with Crippen molar-refractivity contribution < 1.29 is 9.53 Å². The minimum atomic E-state index is -0.107. The van der Waals surface area contributed by atoms with Gasteiger partial charge in [0.25, 0.3) is 5.91 Å². The summed E-state index contributed by atoms with van der Waals surface area (Å²) < 4.78 is 6.45. The molecule has 0 aromatic carbocycles. The van der Waals surface area contributed by atoms with E-state index in [9.17, 15) is 4.79 Å². The van der Waals surface area contributed by atoms with E-state index in [0.717, 1.165) is 36.6 Å². The lowest BCUT2D eigenvalue weighted by Crippen LogP contribution is -2.41. The number of aromatic nitrogens is 1. The fourth-order valence-corrected chi connectivity index (χ4v) is 5.82. The second kappa shape index (κ2) is 6.22. The quantitative estimate of drug-likeness (QED) is 0.872. The van der Waals surface area contributed by atoms with Gasteiger partial charge in [0.2, 0.25) is 0 Å². The van der Waals surface area contributed by atoms with Crippen LogP contribution < -0.4 is 10.2 Å². The standard InChI is InChI=1S/C19H20ClN3O2S/c20-14-3-1-7-21-17(14)23-10-13-12(15-5-6-19(13,11-23)25-15)9-22-18(24)16-4-2-8-26-16/h1-4,7-8,12-13,15H,5-6,9-11H2,(H,22,24)/t12-,13+,15+,19+/m0/s1. The van der Waals surface area contributed by atoms with Crippen molar-refractivity contribution in [3.05, 3.63) is 45.7 Å². The molecular formula is C19H20ClN3O2S. The highest BCUT2D eigenvalue weighted by atomic mass is 35.5. The van der Waals surface area contributed by atoms with Crippen LogP contribution in [0.5, 0.6) is 0 Å². The Morgan fingerprint density at radius 2 is 2.38 bits per heavy atom. The number of hydrogen-bond acceptors (Lipinski definition) is 5. The molecule has 1 spiro atoms. The fraction of sp³-hybridized carbons (Fsp3) is 0.474. The summed E-state index contributed by atoms with van der Waals surface area (Å²) in [6.07, 6.45) is 4.19. The van der Waals surface area contributed by atoms with Crippen molar-refractivity contribution in [2.45, 2.75) is 24.5 Å². The Bertz CT molecular complexity index is 830. The summed E-state index contributed by atoms with van der Waals surface area (Å²) >= 11 is 7.83. The Labute approximate surface area is 161 Å². The fourth-order valence-electron chi connectivity index (χ4n) is 4.94. The first-order valence-electron chi connectivity index (χ1n) is 9.01. The number of ether oxygens (including phenoxy) is 1. The van der Waals surface area contributed by atoms with E-state index in [1.807, 2.05) is 29.6 Å². The van der Waals surface area contributed by atoms with E-state index < -0.39 is 0 Å². The molecule has 3 aliphatic rings. The predicted octanol–water partition coefficient (Wildman–Crippen LogP) is 3.21. The molecule has 26 heavy (non-hydrogen) atoms. The molecule has 0 saturated carbocycles. The van der Waals surface area contributed by atoms with Gasteiger partial charge in [0.05, 0.1) is 21.6 Å². The number of rotatable bonds is 4. The first-order valence-corrected chi connectivity index (χ1v) is 10.3. The summed E-state index contributed by atoms with van der Waals surface area (Å²) in [5.41, 5.74) is -0.107. The van der Waals surface area contributed by atoms with Crippen molar-refractivity contribution in [1.82, 2.24) is 10.3 Å². The molecule has 1 amide bonds. The van der Waals surface area contributed by atoms with Gasteiger partial charge in [-0.3, -0.25) is 4.79 Å². The molecule has 2 aromatic heterocycles. The summed E-state index contributed by atoms with van der Waals surface area (Å²) in [5.74, 6) is 1.61. The molecule has 136 valence electrons. The summed E-state index contributed by atoms with van der Waals surface area (Å²) in [7, 11) is 0. The molecular weight excluding hydrogens is 370 g/mol. The van der Waals surface area contributed by atoms with E-state index >= 15 is 0 Å². The van der Waals surface area contributed by atoms with Crippen LogP contribution in [0, 0.1) is 11.8 Å². The highest BCUT2D eigenvalue weighted by molar-refractivity contribution is 7.12. The molecule has 7 heteroatoms. The normalized spacial score (nSPS) is 32.0. The SMILES string of the molecule is O=C(NC[C@H]1[C@H]2CN(c3ncccc3Cl)C[C@]23CC[C@H]1O3)c1cccs1. The van der Waals surface area contributed by atoms with Crippen LogP contribution in [0.2, 0.25) is 5.02 Å². The summed E-state index contributed by atoms with van der Waals surface area (Å²) in [6.45, 7) is 2.38. The zero-order valence-electron chi connectivity index (χ0n) is 14.2. The van der Waals surface area contributed by atoms with Crippen molar-refractivity contribution in [1.29, 1.82) is 0 Å². The molecule has 5 rings (SSSR count). The average molecular weight is 390 g/mol. The van der Waals surface area contributed by atoms with Crippen LogP contribution in [-0.4, -0.2) is 42.2 Å². The van der Waals surface area contributed by atoms with E-state index in [4.69, 9.17) is 16.3 Å². The van der Waals surface area contributed by atoms with E-state index in [2.05, 4.69) is 15.2 Å². The van der Waals surface area contributed by atoms with E-state index in [1.165, 1.54) is 11.3 Å². The molecule has 1 N–H and O–H groups in total. The lowest BCUT2D eigenvalue weighted by atomic mass is 9.73. The maximum absolute atomic E-state index is 12.3. The van der Waals surface area contributed by atoms with E-state index in [0.29, 0.717) is 23.4 Å². The second-order valence-electron chi connectivity index (χ2n) is 7.41. The van der Waals surface area contributed by atoms with Crippen molar-refractivity contribution in [2.75, 3.05) is 24.5 Å². The van der Waals surface area contributed by atoms with Gasteiger partial charge in [-0.2, -0.15) is 0 Å². The van der Waals surface area contributed by atoms with Gasteiger partial charge >= 0.3 is 0 Å². The van der Waals surface area contributed by atoms with E-state index in [-0.39, 0.29) is 17.6 Å². The molecule has 3 fully saturated rings. The Hall–Kier alpha value is -1.63. The summed E-state index contributed by atoms with van der Waals surface area (Å²) in [5, 5.41) is 5.73. The van der Waals surface area contributed by atoms with Crippen LogP contribution >= 0.6 is 22.9 Å². The van der Waals surface area contributed by atoms with Crippen molar-refractivity contribution in [2.24, 2.45) is 11.8 Å². The van der Waals surface area contributed by atoms with Crippen LogP contribution in [0.25, 0.3) is 0 Å². The molecule has 4 atom stereocenters. The molecule has 3 saturated heterocycles. The van der Waals surface area contributed by atoms with Gasteiger partial charge in [-0.05, 0) is 36.4 Å². The third-order valence-corrected chi connectivity index (χ3v) is 7.23. The van der Waals surface area contributed by atoms with Crippen LogP contribution in [0.15, 0.2) is 35.8 Å². The van der Waals surface area contributed by atoms with Gasteiger partial charge in [-0.1, -0.05) is 17.7 Å². The van der Waals surface area contributed by atoms with Gasteiger partial charge in [0.15, 0.2) is 0 Å². The predicted molar refractivity (Wildman–Crippen MR) is 102 cm³/mol. The van der Waals surface area contributed by atoms with Gasteiger partial charge in [-0.25, -0.2) is 4.98 Å². The Kier molecular flexibility index (Phi) is 3.95. The maximum atomic E-state index is 12.3. The smallest absolute Gasteiger partial charge is 0.261 e. The molecule has 2 bridgehead atoms. The first kappa shape index (κ1) is 16.5. The topological polar surface area (TPSA) is 54.5 Å².